The highest BCUT2D eigenvalue weighted by Gasteiger charge is 2.42. The molecule has 2 rings (SSSR count). The van der Waals surface area contributed by atoms with Gasteiger partial charge in [0.05, 0.1) is 11.8 Å². The maximum atomic E-state index is 12.6. The first kappa shape index (κ1) is 16.1. The van der Waals surface area contributed by atoms with Crippen LogP contribution in [0.4, 0.5) is 13.2 Å². The van der Waals surface area contributed by atoms with Crippen molar-refractivity contribution in [1.29, 1.82) is 0 Å². The van der Waals surface area contributed by atoms with Crippen LogP contribution in [0.25, 0.3) is 0 Å². The molecule has 7 heteroatoms. The van der Waals surface area contributed by atoms with E-state index in [4.69, 9.17) is 5.11 Å². The van der Waals surface area contributed by atoms with Gasteiger partial charge in [0, 0.05) is 19.0 Å². The Kier molecular flexibility index (Phi) is 4.78. The van der Waals surface area contributed by atoms with Gasteiger partial charge in [0.15, 0.2) is 0 Å². The molecule has 1 heterocycles. The standard InChI is InChI=1S/C14H20F3NO3/c15-14(16,17)11-5-7-18(8-6-11)12(19)9-1-3-10(4-2-9)13(20)21/h9-11H,1-8H2,(H,20,21). The Morgan fingerprint density at radius 1 is 0.905 bits per heavy atom. The van der Waals surface area contributed by atoms with E-state index < -0.39 is 18.1 Å². The molecule has 1 saturated heterocycles. The van der Waals surface area contributed by atoms with E-state index in [0.717, 1.165) is 0 Å². The number of nitrogens with zero attached hydrogens (tertiary/aromatic N) is 1. The molecule has 1 aliphatic carbocycles. The lowest BCUT2D eigenvalue weighted by Gasteiger charge is -2.36. The number of alkyl halides is 3. The van der Waals surface area contributed by atoms with Crippen molar-refractivity contribution in [2.45, 2.75) is 44.7 Å². The first-order chi connectivity index (χ1) is 9.79. The van der Waals surface area contributed by atoms with Gasteiger partial charge < -0.3 is 10.0 Å². The van der Waals surface area contributed by atoms with E-state index >= 15 is 0 Å². The fraction of sp³-hybridized carbons (Fsp3) is 0.857. The van der Waals surface area contributed by atoms with Crippen LogP contribution in [-0.2, 0) is 9.59 Å². The van der Waals surface area contributed by atoms with Gasteiger partial charge in [-0.25, -0.2) is 0 Å². The number of hydrogen-bond donors (Lipinski definition) is 1. The fourth-order valence-corrected chi connectivity index (χ4v) is 3.27. The van der Waals surface area contributed by atoms with E-state index in [9.17, 15) is 22.8 Å². The van der Waals surface area contributed by atoms with E-state index in [1.807, 2.05) is 0 Å². The Labute approximate surface area is 121 Å². The zero-order chi connectivity index (χ0) is 15.6. The number of rotatable bonds is 2. The maximum Gasteiger partial charge on any atom is 0.391 e. The van der Waals surface area contributed by atoms with Crippen molar-refractivity contribution < 1.29 is 27.9 Å². The van der Waals surface area contributed by atoms with Crippen molar-refractivity contribution in [3.8, 4) is 0 Å². The highest BCUT2D eigenvalue weighted by atomic mass is 19.4. The molecule has 0 aromatic rings. The predicted octanol–water partition coefficient (Wildman–Crippen LogP) is 2.68. The Hall–Kier alpha value is -1.27. The summed E-state index contributed by atoms with van der Waals surface area (Å²) in [6.45, 7) is 0.309. The number of carbonyl (C=O) groups excluding carboxylic acids is 1. The molecule has 1 saturated carbocycles. The number of carboxylic acid groups (broad SMARTS) is 1. The van der Waals surface area contributed by atoms with Crippen LogP contribution in [0.5, 0.6) is 0 Å². The SMILES string of the molecule is O=C(O)C1CCC(C(=O)N2CCC(C(F)(F)F)CC2)CC1. The van der Waals surface area contributed by atoms with Crippen molar-refractivity contribution in [2.75, 3.05) is 13.1 Å². The monoisotopic (exact) mass is 307 g/mol. The van der Waals surface area contributed by atoms with Crippen LogP contribution in [0.3, 0.4) is 0 Å². The van der Waals surface area contributed by atoms with Crippen LogP contribution in [0.2, 0.25) is 0 Å². The molecule has 0 unspecified atom stereocenters. The molecule has 21 heavy (non-hydrogen) atoms. The molecule has 0 radical (unpaired) electrons. The molecule has 1 aliphatic heterocycles. The second kappa shape index (κ2) is 6.23. The lowest BCUT2D eigenvalue weighted by molar-refractivity contribution is -0.187. The van der Waals surface area contributed by atoms with E-state index in [2.05, 4.69) is 0 Å². The van der Waals surface area contributed by atoms with Gasteiger partial charge in [-0.05, 0) is 38.5 Å². The van der Waals surface area contributed by atoms with Gasteiger partial charge in [0.25, 0.3) is 0 Å². The number of hydrogen-bond acceptors (Lipinski definition) is 2. The van der Waals surface area contributed by atoms with E-state index in [1.54, 1.807) is 0 Å². The van der Waals surface area contributed by atoms with Gasteiger partial charge in [-0.3, -0.25) is 9.59 Å². The second-order valence-electron chi connectivity index (χ2n) is 6.03. The van der Waals surface area contributed by atoms with Gasteiger partial charge >= 0.3 is 12.1 Å². The summed E-state index contributed by atoms with van der Waals surface area (Å²) < 4.78 is 37.8. The number of carbonyl (C=O) groups is 2. The van der Waals surface area contributed by atoms with Crippen molar-refractivity contribution in [2.24, 2.45) is 17.8 Å². The quantitative estimate of drug-likeness (QED) is 0.853. The lowest BCUT2D eigenvalue weighted by atomic mass is 9.81. The van der Waals surface area contributed by atoms with Crippen LogP contribution in [0, 0.1) is 17.8 Å². The minimum Gasteiger partial charge on any atom is -0.481 e. The third-order valence-electron chi connectivity index (χ3n) is 4.70. The first-order valence-electron chi connectivity index (χ1n) is 7.37. The van der Waals surface area contributed by atoms with Gasteiger partial charge in [-0.2, -0.15) is 13.2 Å². The zero-order valence-electron chi connectivity index (χ0n) is 11.7. The third kappa shape index (κ3) is 3.89. The molecule has 0 aromatic heterocycles. The summed E-state index contributed by atoms with van der Waals surface area (Å²) >= 11 is 0. The largest absolute Gasteiger partial charge is 0.481 e. The summed E-state index contributed by atoms with van der Waals surface area (Å²) in [6.07, 6.45) is -2.23. The molecule has 120 valence electrons. The van der Waals surface area contributed by atoms with Crippen LogP contribution < -0.4 is 0 Å². The van der Waals surface area contributed by atoms with Gasteiger partial charge in [-0.15, -0.1) is 0 Å². The molecule has 0 atom stereocenters. The molecular formula is C14H20F3NO3. The molecule has 2 fully saturated rings. The Morgan fingerprint density at radius 2 is 1.38 bits per heavy atom. The molecule has 1 amide bonds. The molecule has 0 spiro atoms. The van der Waals surface area contributed by atoms with Gasteiger partial charge in [0.2, 0.25) is 5.91 Å². The number of amides is 1. The summed E-state index contributed by atoms with van der Waals surface area (Å²) in [6, 6.07) is 0. The van der Waals surface area contributed by atoms with Crippen LogP contribution in [-0.4, -0.2) is 41.1 Å². The minimum absolute atomic E-state index is 0.0281. The summed E-state index contributed by atoms with van der Waals surface area (Å²) in [5.74, 6) is -2.83. The molecule has 2 aliphatic rings. The molecular weight excluding hydrogens is 287 g/mol. The predicted molar refractivity (Wildman–Crippen MR) is 68.4 cm³/mol. The topological polar surface area (TPSA) is 57.6 Å². The minimum atomic E-state index is -4.17. The Bertz CT molecular complexity index is 395. The van der Waals surface area contributed by atoms with Crippen LogP contribution >= 0.6 is 0 Å². The molecule has 1 N–H and O–H groups in total. The van der Waals surface area contributed by atoms with Gasteiger partial charge in [0.1, 0.15) is 0 Å². The van der Waals surface area contributed by atoms with Crippen molar-refractivity contribution in [3.63, 3.8) is 0 Å². The summed E-state index contributed by atoms with van der Waals surface area (Å²) in [7, 11) is 0. The fourth-order valence-electron chi connectivity index (χ4n) is 3.27. The number of likely N-dealkylation sites (tertiary alicyclic amines) is 1. The summed E-state index contributed by atoms with van der Waals surface area (Å²) in [5, 5.41) is 8.92. The molecule has 0 bridgehead atoms. The smallest absolute Gasteiger partial charge is 0.391 e. The number of carboxylic acids is 1. The van der Waals surface area contributed by atoms with Crippen LogP contribution in [0.15, 0.2) is 0 Å². The normalized spacial score (nSPS) is 28.4. The number of halogens is 3. The van der Waals surface area contributed by atoms with E-state index in [-0.39, 0.29) is 43.7 Å². The Balaban J connectivity index is 1.82. The average Bonchev–Trinajstić information content (AvgIpc) is 2.46. The van der Waals surface area contributed by atoms with E-state index in [1.165, 1.54) is 4.90 Å². The highest BCUT2D eigenvalue weighted by Crippen LogP contribution is 2.36. The summed E-state index contributed by atoms with van der Waals surface area (Å²) in [4.78, 5) is 24.7. The van der Waals surface area contributed by atoms with Crippen molar-refractivity contribution in [1.82, 2.24) is 4.90 Å². The lowest BCUT2D eigenvalue weighted by Crippen LogP contribution is -2.45. The summed E-state index contributed by atoms with van der Waals surface area (Å²) in [5.41, 5.74) is 0. The zero-order valence-corrected chi connectivity index (χ0v) is 11.7. The van der Waals surface area contributed by atoms with Gasteiger partial charge in [-0.1, -0.05) is 0 Å². The van der Waals surface area contributed by atoms with Crippen molar-refractivity contribution >= 4 is 11.9 Å². The van der Waals surface area contributed by atoms with E-state index in [0.29, 0.717) is 25.7 Å². The molecule has 4 nitrogen and oxygen atoms in total. The number of aliphatic carboxylic acids is 1. The maximum absolute atomic E-state index is 12.6. The third-order valence-corrected chi connectivity index (χ3v) is 4.70. The molecule has 0 aromatic carbocycles. The first-order valence-corrected chi connectivity index (χ1v) is 7.37. The second-order valence-corrected chi connectivity index (χ2v) is 6.03. The van der Waals surface area contributed by atoms with Crippen molar-refractivity contribution in [3.05, 3.63) is 0 Å². The van der Waals surface area contributed by atoms with Crippen LogP contribution in [0.1, 0.15) is 38.5 Å². The Morgan fingerprint density at radius 3 is 1.81 bits per heavy atom. The number of piperidine rings is 1. The highest BCUT2D eigenvalue weighted by molar-refractivity contribution is 5.79. The average molecular weight is 307 g/mol.